The number of nitro groups is 1. The van der Waals surface area contributed by atoms with Crippen LogP contribution in [-0.4, -0.2) is 41.9 Å². The fourth-order valence-corrected chi connectivity index (χ4v) is 3.62. The van der Waals surface area contributed by atoms with Crippen LogP contribution in [0.1, 0.15) is 24.8 Å². The number of rotatable bonds is 4. The van der Waals surface area contributed by atoms with Gasteiger partial charge in [0.05, 0.1) is 24.2 Å². The van der Waals surface area contributed by atoms with Crippen molar-refractivity contribution in [3.8, 4) is 0 Å². The first-order chi connectivity index (χ1) is 9.74. The van der Waals surface area contributed by atoms with E-state index in [1.807, 2.05) is 5.38 Å². The highest BCUT2D eigenvalue weighted by atomic mass is 32.1. The lowest BCUT2D eigenvalue weighted by Gasteiger charge is -2.37. The zero-order chi connectivity index (χ0) is 13.9. The van der Waals surface area contributed by atoms with Crippen molar-refractivity contribution >= 4 is 16.3 Å². The topological polar surface area (TPSA) is 64.8 Å². The molecule has 0 aromatic carbocycles. The minimum absolute atomic E-state index is 0.135. The molecule has 1 aromatic rings. The van der Waals surface area contributed by atoms with Crippen LogP contribution < -0.4 is 0 Å². The first kappa shape index (κ1) is 13.9. The number of hydrogen-bond acceptors (Lipinski definition) is 6. The van der Waals surface area contributed by atoms with Crippen LogP contribution in [0.3, 0.4) is 0 Å². The second kappa shape index (κ2) is 6.17. The van der Waals surface area contributed by atoms with Crippen molar-refractivity contribution in [1.82, 2.24) is 4.90 Å². The summed E-state index contributed by atoms with van der Waals surface area (Å²) in [4.78, 5) is 12.8. The van der Waals surface area contributed by atoms with Crippen molar-refractivity contribution in [2.45, 2.75) is 38.1 Å². The molecule has 1 unspecified atom stereocenters. The number of likely N-dealkylation sites (tertiary alicyclic amines) is 1. The van der Waals surface area contributed by atoms with Gasteiger partial charge in [0.1, 0.15) is 0 Å². The number of nitrogens with zero attached hydrogens (tertiary/aromatic N) is 2. The minimum Gasteiger partial charge on any atom is -0.349 e. The summed E-state index contributed by atoms with van der Waals surface area (Å²) in [5.74, 6) is 0. The van der Waals surface area contributed by atoms with Crippen molar-refractivity contribution in [2.24, 2.45) is 0 Å². The molecule has 0 spiro atoms. The summed E-state index contributed by atoms with van der Waals surface area (Å²) in [7, 11) is 0. The lowest BCUT2D eigenvalue weighted by Crippen LogP contribution is -2.46. The van der Waals surface area contributed by atoms with Gasteiger partial charge in [-0.25, -0.2) is 0 Å². The van der Waals surface area contributed by atoms with Gasteiger partial charge in [-0.2, -0.15) is 0 Å². The van der Waals surface area contributed by atoms with Crippen molar-refractivity contribution in [3.05, 3.63) is 27.1 Å². The maximum atomic E-state index is 10.7. The van der Waals surface area contributed by atoms with E-state index in [0.717, 1.165) is 31.5 Å². The Hall–Kier alpha value is -1.02. The van der Waals surface area contributed by atoms with E-state index >= 15 is 0 Å². The van der Waals surface area contributed by atoms with Crippen LogP contribution in [0.15, 0.2) is 11.4 Å². The molecule has 2 aliphatic rings. The van der Waals surface area contributed by atoms with Gasteiger partial charge in [0.25, 0.3) is 0 Å². The summed E-state index contributed by atoms with van der Waals surface area (Å²) in [6, 6.07) is 1.94. The van der Waals surface area contributed by atoms with E-state index in [-0.39, 0.29) is 22.3 Å². The first-order valence-electron chi connectivity index (χ1n) is 6.93. The fourth-order valence-electron chi connectivity index (χ4n) is 2.90. The molecule has 2 fully saturated rings. The van der Waals surface area contributed by atoms with Gasteiger partial charge in [-0.1, -0.05) is 17.8 Å². The molecule has 0 aliphatic carbocycles. The van der Waals surface area contributed by atoms with Crippen molar-refractivity contribution in [3.63, 3.8) is 0 Å². The number of thiophene rings is 1. The standard InChI is InChI=1S/C13H18N2O4S/c16-15(17)12-7-10(9-20-12)8-14-4-2-1-3-11(14)13-18-5-6-19-13/h7,9,11,13H,1-6,8H2. The predicted octanol–water partition coefficient (Wildman–Crippen LogP) is 2.38. The third-order valence-electron chi connectivity index (χ3n) is 3.83. The van der Waals surface area contributed by atoms with E-state index in [1.54, 1.807) is 6.07 Å². The van der Waals surface area contributed by atoms with E-state index < -0.39 is 0 Å². The molecule has 0 N–H and O–H groups in total. The molecule has 0 amide bonds. The molecule has 2 saturated heterocycles. The monoisotopic (exact) mass is 298 g/mol. The number of ether oxygens (including phenoxy) is 2. The normalized spacial score (nSPS) is 25.1. The smallest absolute Gasteiger partial charge is 0.324 e. The Bertz CT molecular complexity index is 473. The summed E-state index contributed by atoms with van der Waals surface area (Å²) in [5, 5.41) is 12.8. The van der Waals surface area contributed by atoms with Crippen molar-refractivity contribution in [1.29, 1.82) is 0 Å². The minimum atomic E-state index is -0.328. The molecule has 20 heavy (non-hydrogen) atoms. The molecule has 6 nitrogen and oxygen atoms in total. The number of piperidine rings is 1. The molecule has 0 radical (unpaired) electrons. The molecular weight excluding hydrogens is 280 g/mol. The van der Waals surface area contributed by atoms with E-state index in [2.05, 4.69) is 4.90 Å². The van der Waals surface area contributed by atoms with E-state index in [0.29, 0.717) is 13.2 Å². The van der Waals surface area contributed by atoms with Gasteiger partial charge in [0, 0.05) is 18.0 Å². The summed E-state index contributed by atoms with van der Waals surface area (Å²) >= 11 is 1.19. The molecule has 3 heterocycles. The molecule has 1 atom stereocenters. The lowest BCUT2D eigenvalue weighted by molar-refractivity contribution is -0.380. The zero-order valence-corrected chi connectivity index (χ0v) is 12.0. The number of hydrogen-bond donors (Lipinski definition) is 0. The Balaban J connectivity index is 1.67. The third kappa shape index (κ3) is 3.01. The Morgan fingerprint density at radius 3 is 2.90 bits per heavy atom. The predicted molar refractivity (Wildman–Crippen MR) is 74.7 cm³/mol. The fraction of sp³-hybridized carbons (Fsp3) is 0.692. The molecule has 3 rings (SSSR count). The third-order valence-corrected chi connectivity index (χ3v) is 4.76. The van der Waals surface area contributed by atoms with Crippen molar-refractivity contribution < 1.29 is 14.4 Å². The van der Waals surface area contributed by atoms with E-state index in [9.17, 15) is 10.1 Å². The van der Waals surface area contributed by atoms with Crippen LogP contribution in [0, 0.1) is 10.1 Å². The van der Waals surface area contributed by atoms with Crippen LogP contribution in [0.2, 0.25) is 0 Å². The lowest BCUT2D eigenvalue weighted by atomic mass is 10.0. The van der Waals surface area contributed by atoms with Crippen LogP contribution >= 0.6 is 11.3 Å². The van der Waals surface area contributed by atoms with Gasteiger partial charge in [-0.15, -0.1) is 0 Å². The van der Waals surface area contributed by atoms with E-state index in [1.165, 1.54) is 17.8 Å². The highest BCUT2D eigenvalue weighted by Gasteiger charge is 2.33. The van der Waals surface area contributed by atoms with Gasteiger partial charge in [-0.3, -0.25) is 15.0 Å². The van der Waals surface area contributed by atoms with Crippen molar-refractivity contribution in [2.75, 3.05) is 19.8 Å². The highest BCUT2D eigenvalue weighted by molar-refractivity contribution is 7.13. The molecule has 110 valence electrons. The van der Waals surface area contributed by atoms with Crippen LogP contribution in [-0.2, 0) is 16.0 Å². The SMILES string of the molecule is O=[N+]([O-])c1cc(CN2CCCCC2C2OCCO2)cs1. The Labute approximate surface area is 121 Å². The maximum absolute atomic E-state index is 10.7. The highest BCUT2D eigenvalue weighted by Crippen LogP contribution is 2.28. The van der Waals surface area contributed by atoms with Gasteiger partial charge in [0.2, 0.25) is 0 Å². The van der Waals surface area contributed by atoms with Crippen LogP contribution in [0.25, 0.3) is 0 Å². The maximum Gasteiger partial charge on any atom is 0.324 e. The van der Waals surface area contributed by atoms with Crippen LogP contribution in [0.5, 0.6) is 0 Å². The van der Waals surface area contributed by atoms with Gasteiger partial charge >= 0.3 is 5.00 Å². The first-order valence-corrected chi connectivity index (χ1v) is 7.81. The Morgan fingerprint density at radius 1 is 1.40 bits per heavy atom. The van der Waals surface area contributed by atoms with Crippen LogP contribution in [0.4, 0.5) is 5.00 Å². The largest absolute Gasteiger partial charge is 0.349 e. The van der Waals surface area contributed by atoms with Gasteiger partial charge in [-0.05, 0) is 24.9 Å². The zero-order valence-electron chi connectivity index (χ0n) is 11.2. The summed E-state index contributed by atoms with van der Waals surface area (Å²) in [6.07, 6.45) is 3.28. The molecule has 0 bridgehead atoms. The summed E-state index contributed by atoms with van der Waals surface area (Å²) in [6.45, 7) is 3.06. The average Bonchev–Trinajstić information content (AvgIpc) is 3.10. The van der Waals surface area contributed by atoms with E-state index in [4.69, 9.17) is 9.47 Å². The summed E-state index contributed by atoms with van der Waals surface area (Å²) < 4.78 is 11.3. The molecule has 0 saturated carbocycles. The van der Waals surface area contributed by atoms with Gasteiger partial charge in [0.15, 0.2) is 6.29 Å². The average molecular weight is 298 g/mol. The Morgan fingerprint density at radius 2 is 2.20 bits per heavy atom. The second-order valence-electron chi connectivity index (χ2n) is 5.19. The second-order valence-corrected chi connectivity index (χ2v) is 6.08. The van der Waals surface area contributed by atoms with Gasteiger partial charge < -0.3 is 9.47 Å². The molecule has 7 heteroatoms. The quantitative estimate of drug-likeness (QED) is 0.631. The summed E-state index contributed by atoms with van der Waals surface area (Å²) in [5.41, 5.74) is 1.01. The molecule has 2 aliphatic heterocycles. The molecular formula is C13H18N2O4S. The Kier molecular flexibility index (Phi) is 4.30. The molecule has 1 aromatic heterocycles.